The van der Waals surface area contributed by atoms with Crippen LogP contribution in [0, 0.1) is 11.8 Å². The van der Waals surface area contributed by atoms with Gasteiger partial charge in [-0.2, -0.15) is 0 Å². The number of anilines is 1. The van der Waals surface area contributed by atoms with E-state index in [0.29, 0.717) is 17.0 Å². The van der Waals surface area contributed by atoms with E-state index in [1.54, 1.807) is 24.5 Å². The Morgan fingerprint density at radius 1 is 1.15 bits per heavy atom. The maximum absolute atomic E-state index is 13.9. The van der Waals surface area contributed by atoms with E-state index < -0.39 is 17.4 Å². The summed E-state index contributed by atoms with van der Waals surface area (Å²) in [6.45, 7) is 4.27. The smallest absolute Gasteiger partial charge is 0.338 e. The number of fused-ring (bicyclic) bond motifs is 2. The quantitative estimate of drug-likeness (QED) is 0.497. The zero-order valence-electron chi connectivity index (χ0n) is 19.0. The molecule has 0 bridgehead atoms. The van der Waals surface area contributed by atoms with Crippen LogP contribution >= 0.6 is 0 Å². The second-order valence-corrected chi connectivity index (χ2v) is 9.62. The Labute approximate surface area is 193 Å². The summed E-state index contributed by atoms with van der Waals surface area (Å²) in [7, 11) is 0. The topological polar surface area (TPSA) is 88.8 Å². The summed E-state index contributed by atoms with van der Waals surface area (Å²) in [5, 5.41) is 15.3. The van der Waals surface area contributed by atoms with Crippen LogP contribution in [0.3, 0.4) is 0 Å². The molecular formula is C27H29NO5. The molecule has 0 aromatic heterocycles. The average molecular weight is 448 g/mol. The number of hydrogen-bond donors (Lipinski definition) is 2. The number of esters is 1. The Kier molecular flexibility index (Phi) is 5.49. The van der Waals surface area contributed by atoms with Crippen molar-refractivity contribution in [2.24, 2.45) is 11.8 Å². The molecule has 2 heterocycles. The number of nitrogens with one attached hydrogen (secondary N) is 1. The normalized spacial score (nSPS) is 18.8. The van der Waals surface area contributed by atoms with Crippen molar-refractivity contribution < 1.29 is 23.8 Å². The third kappa shape index (κ3) is 3.62. The molecule has 6 heteroatoms. The van der Waals surface area contributed by atoms with Gasteiger partial charge in [0.15, 0.2) is 5.60 Å². The molecule has 6 nitrogen and oxygen atoms in total. The van der Waals surface area contributed by atoms with Crippen LogP contribution in [0.15, 0.2) is 53.1 Å². The van der Waals surface area contributed by atoms with Crippen molar-refractivity contribution in [3.05, 3.63) is 65.4 Å². The van der Waals surface area contributed by atoms with Crippen LogP contribution in [-0.4, -0.2) is 22.6 Å². The molecule has 2 unspecified atom stereocenters. The Morgan fingerprint density at radius 3 is 2.70 bits per heavy atom. The van der Waals surface area contributed by atoms with Crippen molar-refractivity contribution in [2.45, 2.75) is 57.7 Å². The number of hydrogen-bond acceptors (Lipinski definition) is 5. The Balaban J connectivity index is 1.54. The van der Waals surface area contributed by atoms with Crippen LogP contribution in [-0.2, 0) is 16.1 Å². The first kappa shape index (κ1) is 21.7. The molecule has 0 radical (unpaired) electrons. The number of ether oxygens (including phenoxy) is 1. The van der Waals surface area contributed by atoms with Crippen molar-refractivity contribution in [3.63, 3.8) is 0 Å². The summed E-state index contributed by atoms with van der Waals surface area (Å²) in [5.74, 6) is -0.649. The number of aliphatic hydroxyl groups is 1. The van der Waals surface area contributed by atoms with Crippen molar-refractivity contribution >= 4 is 17.6 Å². The lowest BCUT2D eigenvalue weighted by Gasteiger charge is -2.41. The fourth-order valence-corrected chi connectivity index (χ4v) is 5.75. The average Bonchev–Trinajstić information content (AvgIpc) is 3.55. The fourth-order valence-electron chi connectivity index (χ4n) is 5.75. The Morgan fingerprint density at radius 2 is 1.94 bits per heavy atom. The van der Waals surface area contributed by atoms with Crippen molar-refractivity contribution in [1.82, 2.24) is 0 Å². The van der Waals surface area contributed by atoms with Gasteiger partial charge in [0.25, 0.3) is 5.91 Å². The largest absolute Gasteiger partial charge is 0.464 e. The van der Waals surface area contributed by atoms with Gasteiger partial charge >= 0.3 is 5.97 Å². The molecule has 4 aliphatic rings. The summed E-state index contributed by atoms with van der Waals surface area (Å²) >= 11 is 0. The molecule has 1 aromatic carbocycles. The summed E-state index contributed by atoms with van der Waals surface area (Å²) in [6, 6.07) is 12.9. The standard InChI is InChI=1S/C27H29NO5/c1-16(2)23(22-11-9-17-6-5-13-32-24(17)22)27(31,19-7-3-4-8-19)26(30)28-20-10-12-21-18(14-20)15-33-25(21)29/h5-6,9-14,16,19,23,31H,3-4,7-8,15H2,1-2H3,(H,28,30). The SMILES string of the molecule is CC(C)C(c1ccc2cccoc1-2)C(O)(C(=O)Nc1ccc2c(c1)COC2=O)C1CCCC1. The molecule has 1 aromatic rings. The minimum absolute atomic E-state index is 0.00611. The molecule has 2 N–H and O–H groups in total. The predicted molar refractivity (Wildman–Crippen MR) is 124 cm³/mol. The number of amides is 1. The molecule has 172 valence electrons. The molecule has 1 saturated carbocycles. The van der Waals surface area contributed by atoms with Gasteiger partial charge in [0.1, 0.15) is 12.4 Å². The van der Waals surface area contributed by atoms with Crippen LogP contribution in [0.2, 0.25) is 0 Å². The molecular weight excluding hydrogens is 418 g/mol. The highest BCUT2D eigenvalue weighted by atomic mass is 16.5. The van der Waals surface area contributed by atoms with E-state index in [2.05, 4.69) is 5.32 Å². The molecule has 1 amide bonds. The van der Waals surface area contributed by atoms with Gasteiger partial charge in [-0.05, 0) is 55.0 Å². The van der Waals surface area contributed by atoms with Gasteiger partial charge in [-0.25, -0.2) is 4.79 Å². The molecule has 33 heavy (non-hydrogen) atoms. The first-order valence-electron chi connectivity index (χ1n) is 11.7. The molecule has 0 spiro atoms. The lowest BCUT2D eigenvalue weighted by atomic mass is 9.67. The van der Waals surface area contributed by atoms with E-state index in [4.69, 9.17) is 9.15 Å². The van der Waals surface area contributed by atoms with E-state index in [9.17, 15) is 14.7 Å². The molecule has 5 rings (SSSR count). The van der Waals surface area contributed by atoms with Crippen molar-refractivity contribution in [3.8, 4) is 11.3 Å². The van der Waals surface area contributed by atoms with Crippen LogP contribution in [0.25, 0.3) is 11.3 Å². The highest BCUT2D eigenvalue weighted by molar-refractivity contribution is 6.00. The molecule has 2 atom stereocenters. The van der Waals surface area contributed by atoms with E-state index in [1.165, 1.54) is 0 Å². The monoisotopic (exact) mass is 447 g/mol. The second kappa shape index (κ2) is 8.34. The van der Waals surface area contributed by atoms with E-state index in [-0.39, 0.29) is 24.4 Å². The first-order valence-corrected chi connectivity index (χ1v) is 11.7. The van der Waals surface area contributed by atoms with Gasteiger partial charge < -0.3 is 19.6 Å². The van der Waals surface area contributed by atoms with Crippen LogP contribution in [0.1, 0.15) is 66.9 Å². The summed E-state index contributed by atoms with van der Waals surface area (Å²) in [6.07, 6.45) is 5.22. The third-order valence-electron chi connectivity index (χ3n) is 7.27. The number of carbonyl (C=O) groups excluding carboxylic acids is 2. The minimum Gasteiger partial charge on any atom is -0.464 e. The van der Waals surface area contributed by atoms with Crippen LogP contribution in [0.5, 0.6) is 0 Å². The number of carbonyl (C=O) groups is 2. The number of cyclic esters (lactones) is 1. The molecule has 2 aliphatic carbocycles. The van der Waals surface area contributed by atoms with Crippen LogP contribution in [0.4, 0.5) is 5.69 Å². The lowest BCUT2D eigenvalue weighted by Crippen LogP contribution is -2.54. The van der Waals surface area contributed by atoms with Gasteiger partial charge in [0, 0.05) is 28.3 Å². The first-order chi connectivity index (χ1) is 15.9. The zero-order valence-corrected chi connectivity index (χ0v) is 19.0. The minimum atomic E-state index is -1.61. The third-order valence-corrected chi connectivity index (χ3v) is 7.27. The highest BCUT2D eigenvalue weighted by Gasteiger charge is 2.53. The van der Waals surface area contributed by atoms with Gasteiger partial charge in [0.05, 0.1) is 11.8 Å². The van der Waals surface area contributed by atoms with E-state index in [1.807, 2.05) is 38.1 Å². The second-order valence-electron chi connectivity index (χ2n) is 9.62. The van der Waals surface area contributed by atoms with Gasteiger partial charge in [-0.1, -0.05) is 38.8 Å². The predicted octanol–water partition coefficient (Wildman–Crippen LogP) is 5.35. The molecule has 1 fully saturated rings. The maximum atomic E-state index is 13.9. The van der Waals surface area contributed by atoms with Crippen molar-refractivity contribution in [1.29, 1.82) is 0 Å². The fraction of sp³-hybridized carbons (Fsp3) is 0.407. The lowest BCUT2D eigenvalue weighted by molar-refractivity contribution is -0.145. The summed E-state index contributed by atoms with van der Waals surface area (Å²) in [5.41, 5.74) is 2.01. The van der Waals surface area contributed by atoms with Crippen molar-refractivity contribution in [2.75, 3.05) is 5.32 Å². The van der Waals surface area contributed by atoms with E-state index in [0.717, 1.165) is 42.4 Å². The maximum Gasteiger partial charge on any atom is 0.338 e. The highest BCUT2D eigenvalue weighted by Crippen LogP contribution is 2.49. The Hall–Kier alpha value is -3.12. The van der Waals surface area contributed by atoms with Crippen LogP contribution < -0.4 is 5.32 Å². The van der Waals surface area contributed by atoms with Gasteiger partial charge in [0.2, 0.25) is 0 Å². The van der Waals surface area contributed by atoms with E-state index >= 15 is 0 Å². The molecule has 2 aliphatic heterocycles. The summed E-state index contributed by atoms with van der Waals surface area (Å²) < 4.78 is 10.9. The zero-order chi connectivity index (χ0) is 23.2. The van der Waals surface area contributed by atoms with Gasteiger partial charge in [-0.3, -0.25) is 4.79 Å². The molecule has 0 saturated heterocycles. The number of benzene rings is 1. The van der Waals surface area contributed by atoms with Gasteiger partial charge in [-0.15, -0.1) is 0 Å². The summed E-state index contributed by atoms with van der Waals surface area (Å²) in [4.78, 5) is 25.6. The Bertz CT molecular complexity index is 1160. The number of rotatable bonds is 6.